The molecule has 3 aromatic rings. The molecule has 0 aliphatic rings. The highest BCUT2D eigenvalue weighted by molar-refractivity contribution is 7.99. The highest BCUT2D eigenvalue weighted by Gasteiger charge is 2.23. The van der Waals surface area contributed by atoms with Crippen LogP contribution in [0.5, 0.6) is 0 Å². The van der Waals surface area contributed by atoms with Crippen molar-refractivity contribution in [3.05, 3.63) is 81.2 Å². The second kappa shape index (κ2) is 8.96. The number of hydrogen-bond donors (Lipinski definition) is 0. The summed E-state index contributed by atoms with van der Waals surface area (Å²) >= 11 is 7.50. The fourth-order valence-corrected chi connectivity index (χ4v) is 5.08. The summed E-state index contributed by atoms with van der Waals surface area (Å²) in [7, 11) is -4.14. The first kappa shape index (κ1) is 22.6. The van der Waals surface area contributed by atoms with Gasteiger partial charge in [-0.25, -0.2) is 0 Å². The van der Waals surface area contributed by atoms with Crippen molar-refractivity contribution < 1.29 is 8.42 Å². The van der Waals surface area contributed by atoms with Crippen LogP contribution in [0.2, 0.25) is 5.02 Å². The molecule has 0 amide bonds. The van der Waals surface area contributed by atoms with Gasteiger partial charge < -0.3 is 0 Å². The summed E-state index contributed by atoms with van der Waals surface area (Å²) in [5.74, 6) is 0.681. The van der Waals surface area contributed by atoms with Crippen molar-refractivity contribution >= 4 is 33.4 Å². The third-order valence-corrected chi connectivity index (χ3v) is 7.80. The van der Waals surface area contributed by atoms with Crippen molar-refractivity contribution in [3.63, 3.8) is 0 Å². The molecule has 0 spiro atoms. The summed E-state index contributed by atoms with van der Waals surface area (Å²) in [6.07, 6.45) is 1.31. The van der Waals surface area contributed by atoms with Gasteiger partial charge in [0.1, 0.15) is 5.02 Å². The molecule has 8 heteroatoms. The predicted octanol–water partition coefficient (Wildman–Crippen LogP) is 5.53. The van der Waals surface area contributed by atoms with Crippen molar-refractivity contribution in [2.24, 2.45) is 0 Å². The van der Waals surface area contributed by atoms with Crippen LogP contribution in [-0.4, -0.2) is 17.6 Å². The van der Waals surface area contributed by atoms with E-state index in [1.54, 1.807) is 12.1 Å². The highest BCUT2D eigenvalue weighted by atomic mass is 35.5. The summed E-state index contributed by atoms with van der Waals surface area (Å²) in [5.41, 5.74) is 1.34. The van der Waals surface area contributed by atoms with Crippen LogP contribution >= 0.6 is 23.4 Å². The molecule has 1 heterocycles. The smallest absolute Gasteiger partial charge is 0.265 e. The Balaban J connectivity index is 1.92. The van der Waals surface area contributed by atoms with E-state index in [9.17, 15) is 13.2 Å². The van der Waals surface area contributed by atoms with Gasteiger partial charge in [0.05, 0.1) is 16.0 Å². The van der Waals surface area contributed by atoms with Crippen LogP contribution in [0, 0.1) is 0 Å². The van der Waals surface area contributed by atoms with E-state index < -0.39 is 15.6 Å². The first-order chi connectivity index (χ1) is 14.1. The molecule has 30 heavy (non-hydrogen) atoms. The first-order valence-corrected chi connectivity index (χ1v) is 12.2. The molecule has 0 saturated carbocycles. The molecule has 1 aromatic heterocycles. The van der Waals surface area contributed by atoms with Crippen molar-refractivity contribution in [2.75, 3.05) is 0 Å². The molecular formula is C22H23ClN2O3S2. The maximum atomic E-state index is 12.9. The van der Waals surface area contributed by atoms with Gasteiger partial charge in [0.15, 0.2) is 0 Å². The average molecular weight is 463 g/mol. The van der Waals surface area contributed by atoms with Gasteiger partial charge in [-0.2, -0.15) is 13.5 Å². The van der Waals surface area contributed by atoms with Crippen LogP contribution in [0.1, 0.15) is 50.7 Å². The summed E-state index contributed by atoms with van der Waals surface area (Å²) < 4.78 is 26.2. The molecule has 0 saturated heterocycles. The number of nitrogens with zero attached hydrogens (tertiary/aromatic N) is 2. The lowest BCUT2D eigenvalue weighted by molar-refractivity contribution is 0.574. The maximum absolute atomic E-state index is 12.9. The van der Waals surface area contributed by atoms with Gasteiger partial charge in [0.25, 0.3) is 10.0 Å². The third-order valence-electron chi connectivity index (χ3n) is 4.70. The van der Waals surface area contributed by atoms with Gasteiger partial charge in [-0.1, -0.05) is 75.3 Å². The maximum Gasteiger partial charge on any atom is 0.301 e. The van der Waals surface area contributed by atoms with E-state index in [2.05, 4.69) is 18.9 Å². The van der Waals surface area contributed by atoms with Crippen LogP contribution in [0.15, 0.2) is 74.2 Å². The Morgan fingerprint density at radius 1 is 0.900 bits per heavy atom. The Hall–Kier alpha value is -2.09. The highest BCUT2D eigenvalue weighted by Crippen LogP contribution is 2.32. The van der Waals surface area contributed by atoms with E-state index in [1.165, 1.54) is 35.7 Å². The molecule has 3 rings (SSSR count). The SMILES string of the molecule is CC(C)c1ccc(Sc2cnn(S(=O)(=O)c3ccc(C(C)C)cc3)c(=O)c2Cl)cc1. The second-order valence-electron chi connectivity index (χ2n) is 7.53. The molecule has 0 aliphatic heterocycles. The third kappa shape index (κ3) is 4.63. The molecule has 0 N–H and O–H groups in total. The number of rotatable bonds is 6. The summed E-state index contributed by atoms with van der Waals surface area (Å²) in [5, 5.41) is 3.72. The lowest BCUT2D eigenvalue weighted by Crippen LogP contribution is -2.30. The van der Waals surface area contributed by atoms with Crippen LogP contribution in [0.3, 0.4) is 0 Å². The average Bonchev–Trinajstić information content (AvgIpc) is 2.71. The van der Waals surface area contributed by atoms with Crippen LogP contribution in [0.4, 0.5) is 0 Å². The minimum Gasteiger partial charge on any atom is -0.265 e. The standard InChI is InChI=1S/C22H23ClN2O3S2/c1-14(2)16-5-9-18(10-6-16)29-20-13-24-25(22(26)21(20)23)30(27,28)19-11-7-17(8-12-19)15(3)4/h5-15H,1-4H3. The Labute approximate surface area is 186 Å². The van der Waals surface area contributed by atoms with Crippen molar-refractivity contribution in [3.8, 4) is 0 Å². The first-order valence-electron chi connectivity index (χ1n) is 9.52. The number of hydrogen-bond acceptors (Lipinski definition) is 5. The minimum absolute atomic E-state index is 0.0118. The lowest BCUT2D eigenvalue weighted by Gasteiger charge is -2.11. The van der Waals surface area contributed by atoms with Gasteiger partial charge in [0, 0.05) is 4.90 Å². The Kier molecular flexibility index (Phi) is 6.75. The van der Waals surface area contributed by atoms with E-state index in [1.807, 2.05) is 38.1 Å². The predicted molar refractivity (Wildman–Crippen MR) is 121 cm³/mol. The fraction of sp³-hybridized carbons (Fsp3) is 0.273. The zero-order chi connectivity index (χ0) is 22.1. The van der Waals surface area contributed by atoms with E-state index in [0.717, 1.165) is 10.5 Å². The van der Waals surface area contributed by atoms with E-state index in [0.29, 0.717) is 14.9 Å². The molecule has 2 aromatic carbocycles. The van der Waals surface area contributed by atoms with Crippen molar-refractivity contribution in [2.45, 2.75) is 54.2 Å². The van der Waals surface area contributed by atoms with Gasteiger partial charge in [-0.15, -0.1) is 4.09 Å². The zero-order valence-corrected chi connectivity index (χ0v) is 19.6. The molecule has 0 unspecified atom stereocenters. The summed E-state index contributed by atoms with van der Waals surface area (Å²) in [4.78, 5) is 14.0. The fourth-order valence-electron chi connectivity index (χ4n) is 2.82. The quantitative estimate of drug-likeness (QED) is 0.481. The van der Waals surface area contributed by atoms with Crippen LogP contribution in [0.25, 0.3) is 0 Å². The molecule has 0 bridgehead atoms. The van der Waals surface area contributed by atoms with E-state index >= 15 is 0 Å². The molecule has 0 atom stereocenters. The second-order valence-corrected chi connectivity index (χ2v) is 10.8. The van der Waals surface area contributed by atoms with Crippen LogP contribution < -0.4 is 5.56 Å². The topological polar surface area (TPSA) is 69.0 Å². The van der Waals surface area contributed by atoms with E-state index in [-0.39, 0.29) is 15.8 Å². The molecular weight excluding hydrogens is 440 g/mol. The Morgan fingerprint density at radius 3 is 1.90 bits per heavy atom. The van der Waals surface area contributed by atoms with Crippen LogP contribution in [-0.2, 0) is 10.0 Å². The Morgan fingerprint density at radius 2 is 1.40 bits per heavy atom. The normalized spacial score (nSPS) is 12.0. The molecule has 0 aliphatic carbocycles. The minimum atomic E-state index is -4.14. The zero-order valence-electron chi connectivity index (χ0n) is 17.2. The number of aromatic nitrogens is 2. The van der Waals surface area contributed by atoms with E-state index in [4.69, 9.17) is 11.6 Å². The van der Waals surface area contributed by atoms with Gasteiger partial charge in [-0.05, 0) is 47.2 Å². The molecule has 0 radical (unpaired) electrons. The number of benzene rings is 2. The van der Waals surface area contributed by atoms with Crippen molar-refractivity contribution in [1.29, 1.82) is 0 Å². The molecule has 5 nitrogen and oxygen atoms in total. The van der Waals surface area contributed by atoms with Gasteiger partial charge in [-0.3, -0.25) is 4.79 Å². The molecule has 158 valence electrons. The Bertz CT molecular complexity index is 1200. The van der Waals surface area contributed by atoms with Gasteiger partial charge >= 0.3 is 5.56 Å². The lowest BCUT2D eigenvalue weighted by atomic mass is 10.0. The largest absolute Gasteiger partial charge is 0.301 e. The summed E-state index contributed by atoms with van der Waals surface area (Å²) in [6.45, 7) is 8.25. The summed E-state index contributed by atoms with van der Waals surface area (Å²) in [6, 6.07) is 14.3. The van der Waals surface area contributed by atoms with Crippen molar-refractivity contribution in [1.82, 2.24) is 9.19 Å². The van der Waals surface area contributed by atoms with Gasteiger partial charge in [0.2, 0.25) is 0 Å². The molecule has 0 fully saturated rings. The monoisotopic (exact) mass is 462 g/mol. The number of halogens is 1.